The van der Waals surface area contributed by atoms with Crippen molar-refractivity contribution < 1.29 is 14.3 Å². The average molecular weight is 397 g/mol. The molecule has 0 radical (unpaired) electrons. The summed E-state index contributed by atoms with van der Waals surface area (Å²) in [4.78, 5) is 16.3. The summed E-state index contributed by atoms with van der Waals surface area (Å²) in [5, 5.41) is 0. The number of piperazine rings is 1. The molecule has 2 aromatic carbocycles. The quantitative estimate of drug-likeness (QED) is 0.729. The smallest absolute Gasteiger partial charge is 0.410 e. The molecule has 0 N–H and O–H groups in total. The number of hydrogen-bond donors (Lipinski definition) is 0. The van der Waals surface area contributed by atoms with Gasteiger partial charge >= 0.3 is 6.09 Å². The molecule has 0 atom stereocenters. The second-order valence-corrected chi connectivity index (χ2v) is 8.49. The zero-order valence-electron chi connectivity index (χ0n) is 17.8. The molecule has 0 aromatic heterocycles. The minimum atomic E-state index is -0.233. The van der Waals surface area contributed by atoms with Gasteiger partial charge in [-0.3, -0.25) is 4.90 Å². The van der Waals surface area contributed by atoms with Crippen LogP contribution in [0, 0.1) is 0 Å². The van der Waals surface area contributed by atoms with E-state index in [0.29, 0.717) is 26.3 Å². The maximum Gasteiger partial charge on any atom is 0.410 e. The molecule has 29 heavy (non-hydrogen) atoms. The zero-order chi connectivity index (χ0) is 20.7. The van der Waals surface area contributed by atoms with Crippen molar-refractivity contribution in [1.82, 2.24) is 9.80 Å². The first-order chi connectivity index (χ1) is 13.9. The molecule has 1 aliphatic rings. The molecule has 1 amide bonds. The van der Waals surface area contributed by atoms with Crippen LogP contribution in [-0.4, -0.2) is 55.2 Å². The van der Waals surface area contributed by atoms with E-state index in [1.54, 1.807) is 4.90 Å². The molecule has 0 bridgehead atoms. The Hall–Kier alpha value is -2.53. The van der Waals surface area contributed by atoms with Crippen molar-refractivity contribution in [3.05, 3.63) is 65.7 Å². The van der Waals surface area contributed by atoms with Crippen LogP contribution >= 0.6 is 0 Å². The van der Waals surface area contributed by atoms with Crippen molar-refractivity contribution in [2.45, 2.75) is 32.8 Å². The molecule has 5 nitrogen and oxygen atoms in total. The minimum absolute atomic E-state index is 0.153. The Morgan fingerprint density at radius 3 is 2.21 bits per heavy atom. The number of nitrogens with zero attached hydrogens (tertiary/aromatic N) is 2. The van der Waals surface area contributed by atoms with Crippen LogP contribution in [0.15, 0.2) is 54.6 Å². The van der Waals surface area contributed by atoms with Gasteiger partial charge in [-0.2, -0.15) is 0 Å². The molecule has 0 aliphatic carbocycles. The maximum absolute atomic E-state index is 12.2. The summed E-state index contributed by atoms with van der Waals surface area (Å²) in [6.45, 7) is 11.5. The highest BCUT2D eigenvalue weighted by Gasteiger charge is 2.22. The van der Waals surface area contributed by atoms with Crippen LogP contribution in [0.4, 0.5) is 4.79 Å². The fraction of sp³-hybridized carbons (Fsp3) is 0.458. The average Bonchev–Trinajstić information content (AvgIpc) is 2.73. The van der Waals surface area contributed by atoms with Crippen LogP contribution in [-0.2, 0) is 16.8 Å². The molecule has 5 heteroatoms. The maximum atomic E-state index is 12.2. The lowest BCUT2D eigenvalue weighted by Crippen LogP contribution is -2.49. The van der Waals surface area contributed by atoms with E-state index < -0.39 is 0 Å². The molecule has 1 fully saturated rings. The van der Waals surface area contributed by atoms with E-state index in [1.165, 1.54) is 5.56 Å². The Morgan fingerprint density at radius 1 is 0.931 bits per heavy atom. The normalized spacial score (nSPS) is 15.2. The molecule has 1 aliphatic heterocycles. The number of carbonyl (C=O) groups is 1. The number of hydrogen-bond acceptors (Lipinski definition) is 4. The van der Waals surface area contributed by atoms with Gasteiger partial charge in [-0.15, -0.1) is 0 Å². The van der Waals surface area contributed by atoms with Gasteiger partial charge < -0.3 is 14.4 Å². The molecule has 156 valence electrons. The summed E-state index contributed by atoms with van der Waals surface area (Å²) < 4.78 is 11.3. The molecule has 2 aromatic rings. The first-order valence-electron chi connectivity index (χ1n) is 10.3. The summed E-state index contributed by atoms with van der Waals surface area (Å²) in [7, 11) is 0. The van der Waals surface area contributed by atoms with Gasteiger partial charge in [-0.05, 0) is 28.7 Å². The van der Waals surface area contributed by atoms with Gasteiger partial charge in [-0.25, -0.2) is 4.79 Å². The number of carbonyl (C=O) groups excluding carboxylic acids is 1. The third kappa shape index (κ3) is 6.50. The van der Waals surface area contributed by atoms with E-state index >= 15 is 0 Å². The van der Waals surface area contributed by atoms with Crippen molar-refractivity contribution in [2.75, 3.05) is 39.3 Å². The van der Waals surface area contributed by atoms with Gasteiger partial charge in [0.15, 0.2) is 0 Å². The predicted molar refractivity (Wildman–Crippen MR) is 115 cm³/mol. The van der Waals surface area contributed by atoms with E-state index in [0.717, 1.165) is 30.9 Å². The van der Waals surface area contributed by atoms with Gasteiger partial charge in [-0.1, -0.05) is 63.2 Å². The van der Waals surface area contributed by atoms with Crippen molar-refractivity contribution in [1.29, 1.82) is 0 Å². The molecule has 0 saturated carbocycles. The predicted octanol–water partition coefficient (Wildman–Crippen LogP) is 4.32. The van der Waals surface area contributed by atoms with Crippen molar-refractivity contribution in [3.63, 3.8) is 0 Å². The number of ether oxygens (including phenoxy) is 2. The summed E-state index contributed by atoms with van der Waals surface area (Å²) in [5.41, 5.74) is 2.47. The Bertz CT molecular complexity index is 761. The lowest BCUT2D eigenvalue weighted by Gasteiger charge is -2.33. The molecule has 0 unspecified atom stereocenters. The van der Waals surface area contributed by atoms with Gasteiger partial charge in [0.05, 0.1) is 0 Å². The molecule has 1 saturated heterocycles. The van der Waals surface area contributed by atoms with E-state index in [9.17, 15) is 4.79 Å². The van der Waals surface area contributed by atoms with E-state index in [2.05, 4.69) is 37.8 Å². The lowest BCUT2D eigenvalue weighted by atomic mass is 9.87. The van der Waals surface area contributed by atoms with Crippen LogP contribution in [0.25, 0.3) is 0 Å². The Balaban J connectivity index is 1.34. The van der Waals surface area contributed by atoms with Crippen molar-refractivity contribution >= 4 is 6.09 Å². The number of benzene rings is 2. The van der Waals surface area contributed by atoms with E-state index in [4.69, 9.17) is 9.47 Å². The second-order valence-electron chi connectivity index (χ2n) is 8.49. The largest absolute Gasteiger partial charge is 0.492 e. The topological polar surface area (TPSA) is 42.0 Å². The van der Waals surface area contributed by atoms with Gasteiger partial charge in [0.25, 0.3) is 0 Å². The lowest BCUT2D eigenvalue weighted by molar-refractivity contribution is 0.0684. The fourth-order valence-corrected chi connectivity index (χ4v) is 3.31. The monoisotopic (exact) mass is 396 g/mol. The summed E-state index contributed by atoms with van der Waals surface area (Å²) in [6, 6.07) is 18.1. The Labute approximate surface area is 174 Å². The van der Waals surface area contributed by atoms with Gasteiger partial charge in [0.1, 0.15) is 19.0 Å². The van der Waals surface area contributed by atoms with Crippen LogP contribution in [0.1, 0.15) is 31.9 Å². The first kappa shape index (κ1) is 21.2. The van der Waals surface area contributed by atoms with Crippen LogP contribution < -0.4 is 4.74 Å². The zero-order valence-corrected chi connectivity index (χ0v) is 17.8. The molecule has 1 heterocycles. The standard InChI is InChI=1S/C24H32N2O3/c1-24(2,3)21-9-11-22(12-10-21)28-18-17-25-13-15-26(16-14-25)23(27)29-19-20-7-5-4-6-8-20/h4-12H,13-19H2,1-3H3. The molecular formula is C24H32N2O3. The van der Waals surface area contributed by atoms with E-state index in [1.807, 2.05) is 42.5 Å². The van der Waals surface area contributed by atoms with Gasteiger partial charge in [0, 0.05) is 32.7 Å². The summed E-state index contributed by atoms with van der Waals surface area (Å²) in [5.74, 6) is 0.904. The highest BCUT2D eigenvalue weighted by molar-refractivity contribution is 5.67. The van der Waals surface area contributed by atoms with E-state index in [-0.39, 0.29) is 11.5 Å². The number of amides is 1. The second kappa shape index (κ2) is 9.79. The third-order valence-electron chi connectivity index (χ3n) is 5.23. The first-order valence-corrected chi connectivity index (χ1v) is 10.3. The highest BCUT2D eigenvalue weighted by atomic mass is 16.6. The van der Waals surface area contributed by atoms with Crippen molar-refractivity contribution in [2.24, 2.45) is 0 Å². The van der Waals surface area contributed by atoms with Crippen LogP contribution in [0.3, 0.4) is 0 Å². The minimum Gasteiger partial charge on any atom is -0.492 e. The molecule has 3 rings (SSSR count). The fourth-order valence-electron chi connectivity index (χ4n) is 3.31. The summed E-state index contributed by atoms with van der Waals surface area (Å²) in [6.07, 6.45) is -0.233. The molecule has 0 spiro atoms. The Morgan fingerprint density at radius 2 is 1.59 bits per heavy atom. The van der Waals surface area contributed by atoms with Crippen LogP contribution in [0.5, 0.6) is 5.75 Å². The SMILES string of the molecule is CC(C)(C)c1ccc(OCCN2CCN(C(=O)OCc3ccccc3)CC2)cc1. The summed E-state index contributed by atoms with van der Waals surface area (Å²) >= 11 is 0. The van der Waals surface area contributed by atoms with Crippen LogP contribution in [0.2, 0.25) is 0 Å². The van der Waals surface area contributed by atoms with Gasteiger partial charge in [0.2, 0.25) is 0 Å². The Kier molecular flexibility index (Phi) is 7.15. The third-order valence-corrected chi connectivity index (χ3v) is 5.23. The molecular weight excluding hydrogens is 364 g/mol. The highest BCUT2D eigenvalue weighted by Crippen LogP contribution is 2.24. The number of rotatable bonds is 6. The van der Waals surface area contributed by atoms with Crippen molar-refractivity contribution in [3.8, 4) is 5.75 Å².